The van der Waals surface area contributed by atoms with Gasteiger partial charge in [0, 0.05) is 18.6 Å². The van der Waals surface area contributed by atoms with Gasteiger partial charge in [-0.1, -0.05) is 0 Å². The third kappa shape index (κ3) is 3.46. The molecule has 1 saturated heterocycles. The van der Waals surface area contributed by atoms with Crippen LogP contribution in [0.25, 0.3) is 0 Å². The summed E-state index contributed by atoms with van der Waals surface area (Å²) in [6.07, 6.45) is -2.96. The summed E-state index contributed by atoms with van der Waals surface area (Å²) < 4.78 is 35.9. The third-order valence-corrected chi connectivity index (χ3v) is 2.86. The Hall–Kier alpha value is -0.290. The Morgan fingerprint density at radius 3 is 2.64 bits per heavy atom. The summed E-state index contributed by atoms with van der Waals surface area (Å²) in [5, 5.41) is 0. The van der Waals surface area contributed by atoms with E-state index >= 15 is 0 Å². The molecule has 1 fully saturated rings. The molecule has 84 valence electrons. The highest BCUT2D eigenvalue weighted by Gasteiger charge is 2.31. The molecule has 1 rings (SSSR count). The highest BCUT2D eigenvalue weighted by Crippen LogP contribution is 2.22. The van der Waals surface area contributed by atoms with Gasteiger partial charge in [-0.15, -0.1) is 0 Å². The number of nitrogens with zero attached hydrogens (tertiary/aromatic N) is 1. The Bertz CT molecular complexity index is 181. The van der Waals surface area contributed by atoms with Crippen molar-refractivity contribution in [1.82, 2.24) is 4.90 Å². The molecule has 0 aromatic heterocycles. The molecule has 2 atom stereocenters. The molecule has 0 saturated carbocycles. The van der Waals surface area contributed by atoms with E-state index < -0.39 is 12.6 Å². The fraction of sp³-hybridized carbons (Fsp3) is 1.00. The molecule has 0 radical (unpaired) electrons. The number of hydrogen-bond donors (Lipinski definition) is 1. The van der Waals surface area contributed by atoms with E-state index in [9.17, 15) is 13.2 Å². The van der Waals surface area contributed by atoms with E-state index in [1.807, 2.05) is 11.8 Å². The molecule has 0 aliphatic carbocycles. The average molecular weight is 210 g/mol. The second-order valence-corrected chi connectivity index (χ2v) is 3.95. The van der Waals surface area contributed by atoms with Gasteiger partial charge in [-0.25, -0.2) is 0 Å². The van der Waals surface area contributed by atoms with Gasteiger partial charge in [-0.2, -0.15) is 13.2 Å². The summed E-state index contributed by atoms with van der Waals surface area (Å²) >= 11 is 0. The second kappa shape index (κ2) is 4.49. The minimum absolute atomic E-state index is 0.0250. The normalized spacial score (nSPS) is 30.6. The minimum Gasteiger partial charge on any atom is -0.326 e. The van der Waals surface area contributed by atoms with E-state index in [4.69, 9.17) is 5.73 Å². The van der Waals surface area contributed by atoms with Gasteiger partial charge in [0.25, 0.3) is 0 Å². The molecule has 0 aromatic carbocycles. The van der Waals surface area contributed by atoms with Crippen LogP contribution in [0.15, 0.2) is 0 Å². The first kappa shape index (κ1) is 11.8. The fourth-order valence-electron chi connectivity index (χ4n) is 1.83. The van der Waals surface area contributed by atoms with E-state index in [1.165, 1.54) is 0 Å². The van der Waals surface area contributed by atoms with Gasteiger partial charge in [-0.05, 0) is 26.3 Å². The summed E-state index contributed by atoms with van der Waals surface area (Å²) in [6, 6.07) is 0.100. The van der Waals surface area contributed by atoms with Gasteiger partial charge < -0.3 is 5.73 Å². The second-order valence-electron chi connectivity index (χ2n) is 3.95. The summed E-state index contributed by atoms with van der Waals surface area (Å²) in [5.41, 5.74) is 5.79. The van der Waals surface area contributed by atoms with E-state index in [2.05, 4.69) is 0 Å². The molecule has 0 aromatic rings. The SMILES string of the molecule is C[C@@H]1[C@H](N)CCCN1CCC(F)(F)F. The van der Waals surface area contributed by atoms with Gasteiger partial charge in [-0.3, -0.25) is 4.90 Å². The predicted octanol–water partition coefficient (Wildman–Crippen LogP) is 1.75. The van der Waals surface area contributed by atoms with Crippen molar-refractivity contribution in [2.45, 2.75) is 44.4 Å². The van der Waals surface area contributed by atoms with Crippen LogP contribution < -0.4 is 5.73 Å². The number of piperidine rings is 1. The third-order valence-electron chi connectivity index (χ3n) is 2.86. The Balaban J connectivity index is 2.36. The van der Waals surface area contributed by atoms with Crippen LogP contribution in [0.2, 0.25) is 0 Å². The van der Waals surface area contributed by atoms with Gasteiger partial charge in [0.1, 0.15) is 0 Å². The maximum absolute atomic E-state index is 12.0. The molecule has 5 heteroatoms. The Morgan fingerprint density at radius 2 is 2.07 bits per heavy atom. The smallest absolute Gasteiger partial charge is 0.326 e. The van der Waals surface area contributed by atoms with Crippen LogP contribution >= 0.6 is 0 Å². The van der Waals surface area contributed by atoms with Gasteiger partial charge >= 0.3 is 6.18 Å². The number of halogens is 3. The summed E-state index contributed by atoms with van der Waals surface area (Å²) in [4.78, 5) is 1.83. The van der Waals surface area contributed by atoms with Crippen molar-refractivity contribution in [2.75, 3.05) is 13.1 Å². The molecule has 14 heavy (non-hydrogen) atoms. The predicted molar refractivity (Wildman–Crippen MR) is 48.9 cm³/mol. The molecule has 0 bridgehead atoms. The molecular formula is C9H17F3N2. The lowest BCUT2D eigenvalue weighted by Gasteiger charge is -2.37. The zero-order chi connectivity index (χ0) is 10.8. The topological polar surface area (TPSA) is 29.3 Å². The number of nitrogens with two attached hydrogens (primary N) is 1. The first-order chi connectivity index (χ1) is 6.40. The minimum atomic E-state index is -4.05. The molecule has 1 heterocycles. The molecule has 0 spiro atoms. The van der Waals surface area contributed by atoms with Crippen molar-refractivity contribution in [3.8, 4) is 0 Å². The molecule has 2 nitrogen and oxygen atoms in total. The maximum Gasteiger partial charge on any atom is 0.390 e. The van der Waals surface area contributed by atoms with Crippen LogP contribution in [0, 0.1) is 0 Å². The van der Waals surface area contributed by atoms with Crippen molar-refractivity contribution in [3.05, 3.63) is 0 Å². The Kier molecular flexibility index (Phi) is 3.78. The fourth-order valence-corrected chi connectivity index (χ4v) is 1.83. The van der Waals surface area contributed by atoms with E-state index in [0.29, 0.717) is 0 Å². The van der Waals surface area contributed by atoms with Crippen molar-refractivity contribution < 1.29 is 13.2 Å². The largest absolute Gasteiger partial charge is 0.390 e. The molecule has 0 amide bonds. The van der Waals surface area contributed by atoms with Gasteiger partial charge in [0.05, 0.1) is 6.42 Å². The standard InChI is InChI=1S/C9H17F3N2/c1-7-8(13)3-2-5-14(7)6-4-9(10,11)12/h7-8H,2-6,13H2,1H3/t7-,8-/m1/s1. The number of alkyl halides is 3. The molecular weight excluding hydrogens is 193 g/mol. The Morgan fingerprint density at radius 1 is 1.43 bits per heavy atom. The van der Waals surface area contributed by atoms with Crippen molar-refractivity contribution in [2.24, 2.45) is 5.73 Å². The zero-order valence-electron chi connectivity index (χ0n) is 8.35. The number of likely N-dealkylation sites (tertiary alicyclic amines) is 1. The van der Waals surface area contributed by atoms with E-state index in [1.54, 1.807) is 0 Å². The number of rotatable bonds is 2. The van der Waals surface area contributed by atoms with Crippen LogP contribution in [0.4, 0.5) is 13.2 Å². The lowest BCUT2D eigenvalue weighted by Crippen LogP contribution is -2.51. The lowest BCUT2D eigenvalue weighted by molar-refractivity contribution is -0.139. The molecule has 1 aliphatic heterocycles. The number of hydrogen-bond acceptors (Lipinski definition) is 2. The van der Waals surface area contributed by atoms with Crippen molar-refractivity contribution >= 4 is 0 Å². The first-order valence-electron chi connectivity index (χ1n) is 4.96. The highest BCUT2D eigenvalue weighted by molar-refractivity contribution is 4.83. The van der Waals surface area contributed by atoms with E-state index in [0.717, 1.165) is 19.4 Å². The van der Waals surface area contributed by atoms with Crippen molar-refractivity contribution in [1.29, 1.82) is 0 Å². The van der Waals surface area contributed by atoms with Crippen LogP contribution in [0.3, 0.4) is 0 Å². The molecule has 1 aliphatic rings. The summed E-state index contributed by atoms with van der Waals surface area (Å²) in [5.74, 6) is 0. The summed E-state index contributed by atoms with van der Waals surface area (Å²) in [6.45, 7) is 2.73. The quantitative estimate of drug-likeness (QED) is 0.752. The Labute approximate surface area is 82.2 Å². The van der Waals surface area contributed by atoms with Gasteiger partial charge in [0.2, 0.25) is 0 Å². The highest BCUT2D eigenvalue weighted by atomic mass is 19.4. The monoisotopic (exact) mass is 210 g/mol. The van der Waals surface area contributed by atoms with E-state index in [-0.39, 0.29) is 18.6 Å². The van der Waals surface area contributed by atoms with Crippen LogP contribution in [0.5, 0.6) is 0 Å². The lowest BCUT2D eigenvalue weighted by atomic mass is 9.98. The van der Waals surface area contributed by atoms with Crippen LogP contribution in [-0.4, -0.2) is 36.2 Å². The van der Waals surface area contributed by atoms with Crippen molar-refractivity contribution in [3.63, 3.8) is 0 Å². The average Bonchev–Trinajstić information content (AvgIpc) is 2.06. The molecule has 0 unspecified atom stereocenters. The van der Waals surface area contributed by atoms with Crippen LogP contribution in [0.1, 0.15) is 26.2 Å². The zero-order valence-corrected chi connectivity index (χ0v) is 8.35. The first-order valence-corrected chi connectivity index (χ1v) is 4.96. The maximum atomic E-state index is 12.0. The molecule has 2 N–H and O–H groups in total. The van der Waals surface area contributed by atoms with Gasteiger partial charge in [0.15, 0.2) is 0 Å². The summed E-state index contributed by atoms with van der Waals surface area (Å²) in [7, 11) is 0. The van der Waals surface area contributed by atoms with Crippen LogP contribution in [-0.2, 0) is 0 Å².